The normalized spacial score (nSPS) is 26.0. The van der Waals surface area contributed by atoms with Gasteiger partial charge in [-0.15, -0.1) is 0 Å². The van der Waals surface area contributed by atoms with Crippen LogP contribution < -0.4 is 15.0 Å². The van der Waals surface area contributed by atoms with Gasteiger partial charge >= 0.3 is 6.01 Å². The van der Waals surface area contributed by atoms with Crippen molar-refractivity contribution in [3.63, 3.8) is 0 Å². The van der Waals surface area contributed by atoms with E-state index < -0.39 is 18.8 Å². The molecule has 0 amide bonds. The zero-order chi connectivity index (χ0) is 32.7. The summed E-state index contributed by atoms with van der Waals surface area (Å²) < 4.78 is 51.3. The fourth-order valence-corrected chi connectivity index (χ4v) is 9.80. The van der Waals surface area contributed by atoms with Crippen LogP contribution in [0, 0.1) is 11.6 Å². The first kappa shape index (κ1) is 30.7. The third-order valence-corrected chi connectivity index (χ3v) is 12.9. The van der Waals surface area contributed by atoms with Gasteiger partial charge in [0.2, 0.25) is 0 Å². The van der Waals surface area contributed by atoms with Crippen molar-refractivity contribution in [2.75, 3.05) is 51.0 Å². The molecule has 4 saturated heterocycles. The van der Waals surface area contributed by atoms with Gasteiger partial charge in [0.05, 0.1) is 18.1 Å². The van der Waals surface area contributed by atoms with E-state index in [-0.39, 0.29) is 45.3 Å². The van der Waals surface area contributed by atoms with Crippen molar-refractivity contribution >= 4 is 40.7 Å². The lowest BCUT2D eigenvalue weighted by atomic mass is 9.95. The van der Waals surface area contributed by atoms with E-state index in [1.807, 2.05) is 13.3 Å². The third-order valence-electron chi connectivity index (χ3n) is 10.8. The summed E-state index contributed by atoms with van der Waals surface area (Å²) in [5, 5.41) is 15.6. The quantitative estimate of drug-likeness (QED) is 0.231. The molecule has 2 aromatic carbocycles. The molecule has 4 unspecified atom stereocenters. The summed E-state index contributed by atoms with van der Waals surface area (Å²) in [5.74, 6) is -0.749. The Morgan fingerprint density at radius 1 is 1.17 bits per heavy atom. The number of rotatable bonds is 7. The topological polar surface area (TPSA) is 104 Å². The van der Waals surface area contributed by atoms with E-state index >= 15 is 4.39 Å². The SMILES string of the molecule is C=Cc1c(F)ccc2cc(O)cc(-c3ncc4c(N5CC6CCC(C5)N6)nc(OCC56CCCN5CC(P(C)(C)=O)C6)nc4c3F)c12. The van der Waals surface area contributed by atoms with E-state index in [0.29, 0.717) is 53.8 Å². The molecule has 8 rings (SSSR count). The third kappa shape index (κ3) is 5.18. The molecule has 4 fully saturated rings. The summed E-state index contributed by atoms with van der Waals surface area (Å²) in [6, 6.07) is 6.44. The Hall–Kier alpha value is -3.66. The lowest BCUT2D eigenvalue weighted by molar-refractivity contribution is 0.108. The zero-order valence-electron chi connectivity index (χ0n) is 26.7. The molecule has 9 nitrogen and oxygen atoms in total. The van der Waals surface area contributed by atoms with E-state index in [0.717, 1.165) is 45.2 Å². The second-order valence-corrected chi connectivity index (χ2v) is 17.8. The largest absolute Gasteiger partial charge is 0.508 e. The molecular formula is C35H39F2N6O3P. The molecule has 12 heteroatoms. The molecule has 246 valence electrons. The van der Waals surface area contributed by atoms with Gasteiger partial charge in [0.25, 0.3) is 0 Å². The van der Waals surface area contributed by atoms with Gasteiger partial charge in [-0.1, -0.05) is 18.7 Å². The van der Waals surface area contributed by atoms with Crippen LogP contribution in [0.1, 0.15) is 37.7 Å². The van der Waals surface area contributed by atoms with Crippen molar-refractivity contribution in [3.05, 3.63) is 54.2 Å². The number of anilines is 1. The predicted molar refractivity (Wildman–Crippen MR) is 181 cm³/mol. The van der Waals surface area contributed by atoms with Gasteiger partial charge in [-0.25, -0.2) is 8.78 Å². The molecule has 4 aromatic rings. The van der Waals surface area contributed by atoms with Gasteiger partial charge < -0.3 is 24.6 Å². The lowest BCUT2D eigenvalue weighted by Gasteiger charge is -2.34. The number of aromatic nitrogens is 3. The number of pyridine rings is 1. The fraction of sp³-hybridized carbons (Fsp3) is 0.457. The van der Waals surface area contributed by atoms with Crippen LogP contribution in [0.15, 0.2) is 37.0 Å². The van der Waals surface area contributed by atoms with Crippen molar-refractivity contribution in [1.82, 2.24) is 25.2 Å². The summed E-state index contributed by atoms with van der Waals surface area (Å²) in [7, 11) is -2.29. The Bertz CT molecular complexity index is 1970. The second kappa shape index (κ2) is 11.2. The predicted octanol–water partition coefficient (Wildman–Crippen LogP) is 6.02. The minimum atomic E-state index is -2.29. The van der Waals surface area contributed by atoms with Gasteiger partial charge in [0.1, 0.15) is 35.2 Å². The smallest absolute Gasteiger partial charge is 0.319 e. The number of nitrogens with zero attached hydrogens (tertiary/aromatic N) is 5. The highest BCUT2D eigenvalue weighted by molar-refractivity contribution is 7.63. The highest BCUT2D eigenvalue weighted by Gasteiger charge is 2.51. The van der Waals surface area contributed by atoms with Crippen LogP contribution in [0.25, 0.3) is 39.0 Å². The van der Waals surface area contributed by atoms with Gasteiger partial charge in [-0.2, -0.15) is 9.97 Å². The van der Waals surface area contributed by atoms with Crippen LogP contribution >= 0.6 is 7.14 Å². The van der Waals surface area contributed by atoms with E-state index in [1.54, 1.807) is 12.3 Å². The van der Waals surface area contributed by atoms with Gasteiger partial charge in [-0.05, 0) is 75.6 Å². The zero-order valence-corrected chi connectivity index (χ0v) is 27.6. The average molecular weight is 661 g/mol. The number of halogens is 2. The van der Waals surface area contributed by atoms with Crippen LogP contribution in [-0.4, -0.2) is 94.4 Å². The number of nitrogens with one attached hydrogen (secondary N) is 1. The highest BCUT2D eigenvalue weighted by atomic mass is 31.2. The minimum Gasteiger partial charge on any atom is -0.508 e. The molecule has 47 heavy (non-hydrogen) atoms. The Kier molecular flexibility index (Phi) is 7.31. The summed E-state index contributed by atoms with van der Waals surface area (Å²) in [4.78, 5) is 18.7. The molecule has 0 radical (unpaired) electrons. The van der Waals surface area contributed by atoms with Gasteiger partial charge in [0, 0.05) is 60.1 Å². The van der Waals surface area contributed by atoms with Crippen LogP contribution in [0.5, 0.6) is 11.8 Å². The lowest BCUT2D eigenvalue weighted by Crippen LogP contribution is -2.51. The molecule has 2 N–H and O–H groups in total. The van der Waals surface area contributed by atoms with Crippen molar-refractivity contribution < 1.29 is 23.2 Å². The van der Waals surface area contributed by atoms with Crippen LogP contribution in [0.2, 0.25) is 0 Å². The van der Waals surface area contributed by atoms with Crippen LogP contribution in [-0.2, 0) is 4.57 Å². The molecule has 0 spiro atoms. The first-order valence-electron chi connectivity index (χ1n) is 16.4. The fourth-order valence-electron chi connectivity index (χ4n) is 8.43. The summed E-state index contributed by atoms with van der Waals surface area (Å²) in [5.41, 5.74) is 0.269. The van der Waals surface area contributed by atoms with Crippen molar-refractivity contribution in [2.24, 2.45) is 0 Å². The standard InChI is InChI=1S/C35H39F2N6O3P/c1-4-25-28(36)9-6-20-12-23(44)13-26(29(20)25)31-30(37)32-27(15-38-31)33(42-16-21-7-8-22(17-42)39-21)41-34(40-32)46-19-35-10-5-11-43(35)18-24(14-35)47(2,3)45/h4,6,9,12-13,15,21-22,24,39,44H,1,5,7-8,10-11,14,16-19H2,2-3H3. The van der Waals surface area contributed by atoms with E-state index in [4.69, 9.17) is 9.72 Å². The van der Waals surface area contributed by atoms with E-state index in [1.165, 1.54) is 24.3 Å². The Morgan fingerprint density at radius 2 is 1.96 bits per heavy atom. The Balaban J connectivity index is 1.25. The van der Waals surface area contributed by atoms with Gasteiger partial charge in [0.15, 0.2) is 5.82 Å². The maximum absolute atomic E-state index is 16.9. The maximum atomic E-state index is 16.9. The molecule has 0 aliphatic carbocycles. The first-order chi connectivity index (χ1) is 22.5. The van der Waals surface area contributed by atoms with Crippen LogP contribution in [0.3, 0.4) is 0 Å². The number of hydrogen-bond donors (Lipinski definition) is 2. The number of ether oxygens (including phenoxy) is 1. The van der Waals surface area contributed by atoms with Gasteiger partial charge in [-0.3, -0.25) is 9.88 Å². The number of aromatic hydroxyl groups is 1. The summed E-state index contributed by atoms with van der Waals surface area (Å²) >= 11 is 0. The number of phenolic OH excluding ortho intramolecular Hbond substituents is 1. The second-order valence-electron chi connectivity index (χ2n) is 14.2. The Labute approximate surface area is 272 Å². The average Bonchev–Trinajstić information content (AvgIpc) is 3.71. The number of hydrogen-bond acceptors (Lipinski definition) is 9. The summed E-state index contributed by atoms with van der Waals surface area (Å²) in [6.45, 7) is 11.0. The van der Waals surface area contributed by atoms with Crippen molar-refractivity contribution in [1.29, 1.82) is 0 Å². The first-order valence-corrected chi connectivity index (χ1v) is 19.1. The highest BCUT2D eigenvalue weighted by Crippen LogP contribution is 2.53. The van der Waals surface area contributed by atoms with E-state index in [2.05, 4.69) is 31.7 Å². The Morgan fingerprint density at radius 3 is 2.70 bits per heavy atom. The molecular weight excluding hydrogens is 621 g/mol. The molecule has 4 atom stereocenters. The van der Waals surface area contributed by atoms with Crippen molar-refractivity contribution in [3.8, 4) is 23.0 Å². The molecule has 2 aromatic heterocycles. The number of phenols is 1. The summed E-state index contributed by atoms with van der Waals surface area (Å²) in [6.07, 6.45) is 7.84. The maximum Gasteiger partial charge on any atom is 0.319 e. The van der Waals surface area contributed by atoms with E-state index in [9.17, 15) is 14.1 Å². The van der Waals surface area contributed by atoms with Crippen molar-refractivity contribution in [2.45, 2.75) is 55.4 Å². The molecule has 4 aliphatic rings. The number of benzene rings is 2. The molecule has 4 aliphatic heterocycles. The molecule has 6 heterocycles. The minimum absolute atomic E-state index is 0.0469. The molecule has 2 bridgehead atoms. The molecule has 0 saturated carbocycles. The van der Waals surface area contributed by atoms with Crippen LogP contribution in [0.4, 0.5) is 14.6 Å². The number of fused-ring (bicyclic) bond motifs is 5. The monoisotopic (exact) mass is 660 g/mol. The number of piperazine rings is 1.